The molecule has 3 rings (SSSR count). The lowest BCUT2D eigenvalue weighted by molar-refractivity contribution is -0.123. The molecule has 1 aliphatic heterocycles. The van der Waals surface area contributed by atoms with Crippen molar-refractivity contribution < 1.29 is 13.2 Å². The average Bonchev–Trinajstić information content (AvgIpc) is 3.14. The standard InChI is InChI=1S/C15H21N5O3S2/c1-11-9-14(18(2)17-11)19-7-4-5-12(15(19)21)20(25(3,22)23)10-13-16-6-8-24-13/h6,8-9,12H,4-5,7,10H2,1-3H3/t12-/m0/s1. The molecular formula is C15H21N5O3S2. The molecule has 0 bridgehead atoms. The van der Waals surface area contributed by atoms with Gasteiger partial charge in [-0.15, -0.1) is 11.3 Å². The second-order valence-corrected chi connectivity index (χ2v) is 9.06. The minimum Gasteiger partial charge on any atom is -0.296 e. The van der Waals surface area contributed by atoms with Gasteiger partial charge in [0, 0.05) is 31.2 Å². The summed E-state index contributed by atoms with van der Waals surface area (Å²) >= 11 is 1.38. The molecule has 0 aliphatic carbocycles. The lowest BCUT2D eigenvalue weighted by Gasteiger charge is -2.36. The molecule has 3 heterocycles. The topological polar surface area (TPSA) is 88.4 Å². The molecule has 0 unspecified atom stereocenters. The van der Waals surface area contributed by atoms with Gasteiger partial charge in [-0.1, -0.05) is 0 Å². The first-order chi connectivity index (χ1) is 11.8. The smallest absolute Gasteiger partial charge is 0.246 e. The number of aromatic nitrogens is 3. The highest BCUT2D eigenvalue weighted by atomic mass is 32.2. The highest BCUT2D eigenvalue weighted by Gasteiger charge is 2.39. The molecule has 136 valence electrons. The molecule has 0 radical (unpaired) electrons. The largest absolute Gasteiger partial charge is 0.296 e. The van der Waals surface area contributed by atoms with Crippen molar-refractivity contribution in [2.75, 3.05) is 17.7 Å². The Morgan fingerprint density at radius 3 is 2.76 bits per heavy atom. The summed E-state index contributed by atoms with van der Waals surface area (Å²) in [5.74, 6) is 0.478. The van der Waals surface area contributed by atoms with E-state index in [9.17, 15) is 13.2 Å². The van der Waals surface area contributed by atoms with Gasteiger partial charge in [0.05, 0.1) is 18.5 Å². The first-order valence-corrected chi connectivity index (χ1v) is 10.7. The minimum atomic E-state index is -3.55. The third kappa shape index (κ3) is 3.75. The summed E-state index contributed by atoms with van der Waals surface area (Å²) < 4.78 is 27.6. The summed E-state index contributed by atoms with van der Waals surface area (Å²) in [7, 11) is -1.77. The Balaban J connectivity index is 1.91. The van der Waals surface area contributed by atoms with Crippen LogP contribution in [0.3, 0.4) is 0 Å². The zero-order valence-corrected chi connectivity index (χ0v) is 16.0. The molecule has 0 N–H and O–H groups in total. The van der Waals surface area contributed by atoms with Gasteiger partial charge in [0.2, 0.25) is 15.9 Å². The van der Waals surface area contributed by atoms with E-state index in [0.717, 1.165) is 18.4 Å². The SMILES string of the molecule is Cc1cc(N2CCC[C@H](N(Cc3nccs3)S(C)(=O)=O)C2=O)n(C)n1. The van der Waals surface area contributed by atoms with Gasteiger partial charge >= 0.3 is 0 Å². The van der Waals surface area contributed by atoms with E-state index < -0.39 is 16.1 Å². The van der Waals surface area contributed by atoms with E-state index in [1.807, 2.05) is 13.0 Å². The number of carbonyl (C=O) groups is 1. The van der Waals surface area contributed by atoms with Crippen LogP contribution in [0.4, 0.5) is 5.82 Å². The third-order valence-electron chi connectivity index (χ3n) is 4.21. The minimum absolute atomic E-state index is 0.116. The molecule has 8 nitrogen and oxygen atoms in total. The molecule has 25 heavy (non-hydrogen) atoms. The number of hydrogen-bond acceptors (Lipinski definition) is 6. The van der Waals surface area contributed by atoms with E-state index >= 15 is 0 Å². The fraction of sp³-hybridized carbons (Fsp3) is 0.533. The fourth-order valence-corrected chi connectivity index (χ4v) is 4.83. The van der Waals surface area contributed by atoms with E-state index in [4.69, 9.17) is 0 Å². The van der Waals surface area contributed by atoms with E-state index in [2.05, 4.69) is 10.1 Å². The number of rotatable bonds is 5. The van der Waals surface area contributed by atoms with Crippen molar-refractivity contribution in [3.8, 4) is 0 Å². The summed E-state index contributed by atoms with van der Waals surface area (Å²) in [6, 6.07) is 1.12. The van der Waals surface area contributed by atoms with Crippen LogP contribution in [0.2, 0.25) is 0 Å². The van der Waals surface area contributed by atoms with Crippen molar-refractivity contribution in [2.24, 2.45) is 7.05 Å². The van der Waals surface area contributed by atoms with Gasteiger partial charge < -0.3 is 0 Å². The monoisotopic (exact) mass is 383 g/mol. The van der Waals surface area contributed by atoms with Crippen molar-refractivity contribution in [3.63, 3.8) is 0 Å². The van der Waals surface area contributed by atoms with Crippen molar-refractivity contribution in [1.82, 2.24) is 19.1 Å². The molecule has 2 aromatic heterocycles. The first kappa shape index (κ1) is 18.0. The number of thiazole rings is 1. The zero-order valence-electron chi connectivity index (χ0n) is 14.4. The lowest BCUT2D eigenvalue weighted by Crippen LogP contribution is -2.54. The average molecular weight is 383 g/mol. The van der Waals surface area contributed by atoms with Crippen LogP contribution in [0.1, 0.15) is 23.5 Å². The molecule has 1 saturated heterocycles. The molecule has 0 spiro atoms. The number of amides is 1. The summed E-state index contributed by atoms with van der Waals surface area (Å²) in [4.78, 5) is 18.9. The van der Waals surface area contributed by atoms with Crippen LogP contribution < -0.4 is 4.90 Å². The lowest BCUT2D eigenvalue weighted by atomic mass is 10.0. The van der Waals surface area contributed by atoms with Crippen LogP contribution in [-0.4, -0.2) is 52.2 Å². The number of anilines is 1. The van der Waals surface area contributed by atoms with Gasteiger partial charge in [0.1, 0.15) is 16.9 Å². The molecular weight excluding hydrogens is 362 g/mol. The Bertz CT molecular complexity index is 860. The zero-order chi connectivity index (χ0) is 18.2. The summed E-state index contributed by atoms with van der Waals surface area (Å²) in [6.07, 6.45) is 4.00. The Morgan fingerprint density at radius 1 is 1.44 bits per heavy atom. The van der Waals surface area contributed by atoms with Gasteiger partial charge in [-0.05, 0) is 19.8 Å². The molecule has 1 fully saturated rings. The third-order valence-corrected chi connectivity index (χ3v) is 6.21. The molecule has 1 atom stereocenters. The van der Waals surface area contributed by atoms with E-state index in [0.29, 0.717) is 23.8 Å². The molecule has 0 saturated carbocycles. The van der Waals surface area contributed by atoms with Crippen molar-refractivity contribution in [2.45, 2.75) is 32.4 Å². The van der Waals surface area contributed by atoms with E-state index in [-0.39, 0.29) is 12.5 Å². The van der Waals surface area contributed by atoms with Crippen molar-refractivity contribution in [1.29, 1.82) is 0 Å². The predicted molar refractivity (Wildman–Crippen MR) is 95.8 cm³/mol. The van der Waals surface area contributed by atoms with Gasteiger partial charge in [-0.25, -0.2) is 13.4 Å². The van der Waals surface area contributed by atoms with E-state index in [1.54, 1.807) is 28.2 Å². The number of nitrogens with zero attached hydrogens (tertiary/aromatic N) is 5. The van der Waals surface area contributed by atoms with Crippen molar-refractivity contribution >= 4 is 33.1 Å². The normalized spacial score (nSPS) is 19.0. The van der Waals surface area contributed by atoms with Crippen LogP contribution in [0.5, 0.6) is 0 Å². The van der Waals surface area contributed by atoms with Crippen LogP contribution in [0.25, 0.3) is 0 Å². The number of aryl methyl sites for hydroxylation is 2. The predicted octanol–water partition coefficient (Wildman–Crippen LogP) is 1.14. The maximum absolute atomic E-state index is 13.1. The maximum Gasteiger partial charge on any atom is 0.246 e. The van der Waals surface area contributed by atoms with Crippen LogP contribution in [-0.2, 0) is 28.4 Å². The summed E-state index contributed by atoms with van der Waals surface area (Å²) in [5.41, 5.74) is 0.815. The number of carbonyl (C=O) groups excluding carboxylic acids is 1. The Hall–Kier alpha value is -1.78. The number of hydrogen-bond donors (Lipinski definition) is 0. The number of sulfonamides is 1. The molecule has 1 amide bonds. The molecule has 1 aliphatic rings. The summed E-state index contributed by atoms with van der Waals surface area (Å²) in [6.45, 7) is 2.54. The Kier molecular flexibility index (Phi) is 4.94. The van der Waals surface area contributed by atoms with Gasteiger partial charge in [-0.3, -0.25) is 14.4 Å². The Labute approximate surface area is 151 Å². The molecule has 10 heteroatoms. The maximum atomic E-state index is 13.1. The van der Waals surface area contributed by atoms with Crippen LogP contribution in [0, 0.1) is 6.92 Å². The fourth-order valence-electron chi connectivity index (χ4n) is 3.12. The highest BCUT2D eigenvalue weighted by molar-refractivity contribution is 7.88. The highest BCUT2D eigenvalue weighted by Crippen LogP contribution is 2.26. The number of piperidine rings is 1. The van der Waals surface area contributed by atoms with Crippen LogP contribution >= 0.6 is 11.3 Å². The van der Waals surface area contributed by atoms with Gasteiger partial charge in [0.25, 0.3) is 0 Å². The van der Waals surface area contributed by atoms with Gasteiger partial charge in [-0.2, -0.15) is 9.40 Å². The molecule has 2 aromatic rings. The second kappa shape index (κ2) is 6.85. The molecule has 0 aromatic carbocycles. The van der Waals surface area contributed by atoms with Crippen molar-refractivity contribution in [3.05, 3.63) is 28.3 Å². The second-order valence-electron chi connectivity index (χ2n) is 6.15. The van der Waals surface area contributed by atoms with E-state index in [1.165, 1.54) is 15.6 Å². The first-order valence-electron chi connectivity index (χ1n) is 7.94. The summed E-state index contributed by atoms with van der Waals surface area (Å²) in [5, 5.41) is 6.75. The van der Waals surface area contributed by atoms with Crippen LogP contribution in [0.15, 0.2) is 17.6 Å². The Morgan fingerprint density at radius 2 is 2.20 bits per heavy atom. The van der Waals surface area contributed by atoms with Gasteiger partial charge in [0.15, 0.2) is 0 Å². The quantitative estimate of drug-likeness (QED) is 0.773.